The fourth-order valence-corrected chi connectivity index (χ4v) is 1.81. The second-order valence-corrected chi connectivity index (χ2v) is 7.32. The van der Waals surface area contributed by atoms with E-state index in [1.54, 1.807) is 0 Å². The summed E-state index contributed by atoms with van der Waals surface area (Å²) in [6.45, 7) is 9.02. The monoisotopic (exact) mass is 276 g/mol. The number of rotatable bonds is 0. The van der Waals surface area contributed by atoms with Crippen LogP contribution in [0.2, 0.25) is 0 Å². The zero-order chi connectivity index (χ0) is 12.5. The van der Waals surface area contributed by atoms with Gasteiger partial charge in [-0.25, -0.2) is 0 Å². The number of nitrogens with one attached hydrogen (secondary N) is 1. The predicted octanol–water partition coefficient (Wildman–Crippen LogP) is 3.44. The van der Waals surface area contributed by atoms with Gasteiger partial charge in [-0.15, -0.1) is 0 Å². The van der Waals surface area contributed by atoms with Crippen molar-refractivity contribution in [3.05, 3.63) is 6.42 Å². The molecule has 0 aromatic rings. The predicted molar refractivity (Wildman–Crippen MR) is 73.9 cm³/mol. The molecule has 1 radical (unpaired) electrons. The molecule has 0 aliphatic carbocycles. The maximum absolute atomic E-state index is 4.90. The summed E-state index contributed by atoms with van der Waals surface area (Å²) in [5, 5.41) is 3.60. The third-order valence-electron chi connectivity index (χ3n) is 1.99. The van der Waals surface area contributed by atoms with Crippen LogP contribution in [0.4, 0.5) is 0 Å². The molecule has 0 amide bonds. The average molecular weight is 278 g/mol. The van der Waals surface area contributed by atoms with Gasteiger partial charge in [0, 0.05) is 11.1 Å². The summed E-state index contributed by atoms with van der Waals surface area (Å²) >= 11 is 0.833. The van der Waals surface area contributed by atoms with Crippen LogP contribution in [0.1, 0.15) is 40.5 Å². The molecule has 1 fully saturated rings. The average Bonchev–Trinajstić information content (AvgIpc) is 2.04. The van der Waals surface area contributed by atoms with Gasteiger partial charge in [0.15, 0.2) is 0 Å². The van der Waals surface area contributed by atoms with Crippen molar-refractivity contribution in [2.24, 2.45) is 0 Å². The van der Waals surface area contributed by atoms with Gasteiger partial charge in [0.25, 0.3) is 0 Å². The number of hydrogen-bond acceptors (Lipinski definition) is 1. The molecule has 0 unspecified atom stereocenters. The fraction of sp³-hybridized carbons (Fsp3) is 0.889. The van der Waals surface area contributed by atoms with E-state index in [1.165, 1.54) is 29.6 Å². The van der Waals surface area contributed by atoms with Crippen LogP contribution in [-0.2, 0) is 0 Å². The van der Waals surface area contributed by atoms with Crippen LogP contribution in [0.25, 0.3) is 0 Å². The Kier molecular flexibility index (Phi) is 13.2. The molecular weight excluding hydrogens is 260 g/mol. The molecule has 0 saturated carbocycles. The van der Waals surface area contributed by atoms with Gasteiger partial charge in [0.2, 0.25) is 0 Å². The standard InChI is InChI=1S/C9H18N.3ClH.Li.Mg/c1-8(2)6-5-7-9(3,4)10-8;;;;;/h5,10H,6-7H2,1-4H3;3*1H;;/q;;;;+1;+2/p-3. The number of halogens is 3. The van der Waals surface area contributed by atoms with E-state index in [2.05, 4.69) is 49.2 Å². The summed E-state index contributed by atoms with van der Waals surface area (Å²) in [7, 11) is 14.4. The molecule has 0 bridgehead atoms. The molecule has 83 valence electrons. The summed E-state index contributed by atoms with van der Waals surface area (Å²) < 4.78 is 0. The second-order valence-electron chi connectivity index (χ2n) is 4.69. The van der Waals surface area contributed by atoms with Crippen LogP contribution in [0.5, 0.6) is 0 Å². The van der Waals surface area contributed by atoms with E-state index < -0.39 is 18.2 Å². The van der Waals surface area contributed by atoms with E-state index in [4.69, 9.17) is 18.1 Å². The molecule has 1 rings (SSSR count). The Morgan fingerprint density at radius 1 is 1.07 bits per heavy atom. The van der Waals surface area contributed by atoms with Crippen molar-refractivity contribution in [1.29, 1.82) is 0 Å². The minimum absolute atomic E-state index is 0.307. The van der Waals surface area contributed by atoms with E-state index in [0.29, 0.717) is 11.1 Å². The molecule has 0 atom stereocenters. The number of piperidine rings is 1. The Morgan fingerprint density at radius 2 is 1.33 bits per heavy atom. The van der Waals surface area contributed by atoms with E-state index in [0.717, 1.165) is 0 Å². The van der Waals surface area contributed by atoms with Crippen molar-refractivity contribution < 1.29 is 0 Å². The van der Waals surface area contributed by atoms with Gasteiger partial charge in [-0.3, -0.25) is 0 Å². The third kappa shape index (κ3) is 12.4. The molecule has 0 spiro atoms. The topological polar surface area (TPSA) is 12.0 Å². The molecule has 0 aromatic heterocycles. The van der Waals surface area contributed by atoms with Gasteiger partial charge in [-0.1, -0.05) is 0 Å². The third-order valence-corrected chi connectivity index (χ3v) is 1.99. The molecule has 1 aliphatic rings. The van der Waals surface area contributed by atoms with Crippen LogP contribution in [-0.4, -0.2) is 46.0 Å². The van der Waals surface area contributed by atoms with E-state index in [1.807, 2.05) is 0 Å². The molecule has 1 aliphatic heterocycles. The van der Waals surface area contributed by atoms with Crippen molar-refractivity contribution in [3.8, 4) is 0 Å². The SMILES string of the molecule is CC1(C)C[CH]CC(C)(C)N1.[Cl][Mg][Cl].[Li][Cl]. The van der Waals surface area contributed by atoms with Crippen molar-refractivity contribution in [1.82, 2.24) is 5.32 Å². The van der Waals surface area contributed by atoms with Gasteiger partial charge < -0.3 is 23.5 Å². The Labute approximate surface area is 125 Å². The first kappa shape index (κ1) is 19.5. The van der Waals surface area contributed by atoms with Gasteiger partial charge >= 0.3 is 44.7 Å². The Balaban J connectivity index is 0. The van der Waals surface area contributed by atoms with Crippen molar-refractivity contribution in [3.63, 3.8) is 0 Å². The fourth-order valence-electron chi connectivity index (χ4n) is 1.81. The molecule has 1 nitrogen and oxygen atoms in total. The van der Waals surface area contributed by atoms with Crippen LogP contribution < -0.4 is 5.32 Å². The first-order valence-electron chi connectivity index (χ1n) is 4.94. The zero-order valence-electron chi connectivity index (χ0n) is 10.3. The van der Waals surface area contributed by atoms with Gasteiger partial charge in [0.1, 0.15) is 0 Å². The Morgan fingerprint density at radius 3 is 1.47 bits per heavy atom. The summed E-state index contributed by atoms with van der Waals surface area (Å²) in [6.07, 6.45) is 4.77. The second kappa shape index (κ2) is 10.1. The van der Waals surface area contributed by atoms with Gasteiger partial charge in [0.05, 0.1) is 0 Å². The summed E-state index contributed by atoms with van der Waals surface area (Å²) in [4.78, 5) is 0. The molecule has 1 heterocycles. The first-order valence-corrected chi connectivity index (χ1v) is 9.97. The molecule has 6 heteroatoms. The van der Waals surface area contributed by atoms with Crippen LogP contribution >= 0.6 is 27.9 Å². The van der Waals surface area contributed by atoms with Crippen LogP contribution in [0.3, 0.4) is 0 Å². The molecule has 1 saturated heterocycles. The summed E-state index contributed by atoms with van der Waals surface area (Å²) in [5.41, 5.74) is 0.615. The summed E-state index contributed by atoms with van der Waals surface area (Å²) in [6, 6.07) is 0. The summed E-state index contributed by atoms with van der Waals surface area (Å²) in [5.74, 6) is 0. The van der Waals surface area contributed by atoms with Crippen molar-refractivity contribution in [2.45, 2.75) is 51.6 Å². The van der Waals surface area contributed by atoms with Crippen molar-refractivity contribution in [2.75, 3.05) is 0 Å². The van der Waals surface area contributed by atoms with E-state index >= 15 is 0 Å². The maximum atomic E-state index is 4.90. The van der Waals surface area contributed by atoms with Gasteiger partial charge in [-0.05, 0) is 47.0 Å². The van der Waals surface area contributed by atoms with Crippen LogP contribution in [0.15, 0.2) is 0 Å². The normalized spacial score (nSPS) is 21.1. The molecule has 15 heavy (non-hydrogen) atoms. The van der Waals surface area contributed by atoms with Gasteiger partial charge in [-0.2, -0.15) is 0 Å². The Hall–Kier alpha value is 2.19. The quantitative estimate of drug-likeness (QED) is 0.669. The number of hydrogen-bond donors (Lipinski definition) is 1. The van der Waals surface area contributed by atoms with Crippen LogP contribution in [0, 0.1) is 6.42 Å². The van der Waals surface area contributed by atoms with E-state index in [9.17, 15) is 0 Å². The molecular formula is C9H18Cl3LiMgN. The molecule has 1 N–H and O–H groups in total. The first-order chi connectivity index (χ1) is 6.83. The van der Waals surface area contributed by atoms with E-state index in [-0.39, 0.29) is 0 Å². The molecule has 0 aromatic carbocycles. The minimum atomic E-state index is -0.639. The zero-order valence-corrected chi connectivity index (χ0v) is 14.0. The van der Waals surface area contributed by atoms with Crippen molar-refractivity contribution >= 4 is 62.8 Å². The Bertz CT molecular complexity index is 142.